The number of halogens is 2. The van der Waals surface area contributed by atoms with Gasteiger partial charge in [-0.1, -0.05) is 30.3 Å². The van der Waals surface area contributed by atoms with Crippen LogP contribution in [0.25, 0.3) is 0 Å². The third kappa shape index (κ3) is 6.50. The molecule has 5 nitrogen and oxygen atoms in total. The van der Waals surface area contributed by atoms with Crippen molar-refractivity contribution in [1.29, 1.82) is 0 Å². The minimum atomic E-state index is -0.590. The zero-order valence-electron chi connectivity index (χ0n) is 17.5. The van der Waals surface area contributed by atoms with Gasteiger partial charge >= 0.3 is 0 Å². The molecule has 0 aliphatic carbocycles. The zero-order valence-corrected chi connectivity index (χ0v) is 17.5. The minimum Gasteiger partial charge on any atom is -0.381 e. The van der Waals surface area contributed by atoms with Crippen molar-refractivity contribution in [2.24, 2.45) is 4.99 Å². The first-order chi connectivity index (χ1) is 14.5. The summed E-state index contributed by atoms with van der Waals surface area (Å²) in [7, 11) is 1.65. The number of benzene rings is 2. The Kier molecular flexibility index (Phi) is 8.16. The van der Waals surface area contributed by atoms with Crippen LogP contribution in [-0.2, 0) is 22.6 Å². The average molecular weight is 418 g/mol. The zero-order chi connectivity index (χ0) is 21.3. The first-order valence-electron chi connectivity index (χ1n) is 10.2. The highest BCUT2D eigenvalue weighted by atomic mass is 19.1. The molecule has 1 heterocycles. The molecule has 2 N–H and O–H groups in total. The smallest absolute Gasteiger partial charge is 0.191 e. The Morgan fingerprint density at radius 3 is 2.50 bits per heavy atom. The summed E-state index contributed by atoms with van der Waals surface area (Å²) < 4.78 is 38.4. The normalized spacial score (nSPS) is 16.3. The molecule has 3 rings (SSSR count). The van der Waals surface area contributed by atoms with Crippen LogP contribution in [0.4, 0.5) is 8.78 Å². The number of hydrogen-bond acceptors (Lipinski definition) is 3. The largest absolute Gasteiger partial charge is 0.381 e. The molecule has 2 aromatic rings. The fourth-order valence-corrected chi connectivity index (χ4v) is 3.33. The van der Waals surface area contributed by atoms with E-state index in [4.69, 9.17) is 9.47 Å². The average Bonchev–Trinajstić information content (AvgIpc) is 2.76. The van der Waals surface area contributed by atoms with Crippen molar-refractivity contribution in [3.8, 4) is 0 Å². The summed E-state index contributed by atoms with van der Waals surface area (Å²) in [6.45, 7) is 4.52. The van der Waals surface area contributed by atoms with Crippen LogP contribution in [0, 0.1) is 11.6 Å². The van der Waals surface area contributed by atoms with Gasteiger partial charge in [0.15, 0.2) is 5.96 Å². The van der Waals surface area contributed by atoms with E-state index < -0.39 is 11.6 Å². The summed E-state index contributed by atoms with van der Waals surface area (Å²) in [6.07, 6.45) is 2.19. The van der Waals surface area contributed by atoms with E-state index in [-0.39, 0.29) is 12.1 Å². The van der Waals surface area contributed by atoms with Gasteiger partial charge in [0.1, 0.15) is 11.6 Å². The van der Waals surface area contributed by atoms with Crippen LogP contribution in [0.5, 0.6) is 0 Å². The van der Waals surface area contributed by atoms with Crippen LogP contribution < -0.4 is 10.6 Å². The number of aliphatic imine (C=N–C) groups is 1. The molecule has 0 saturated carbocycles. The van der Waals surface area contributed by atoms with E-state index in [1.54, 1.807) is 14.0 Å². The molecule has 0 spiro atoms. The summed E-state index contributed by atoms with van der Waals surface area (Å²) in [5.41, 5.74) is 2.61. The SMILES string of the molecule is CN=C(NCc1ccc(COC2CCOCC2)cc1)NC(C)c1ccc(F)cc1F. The Morgan fingerprint density at radius 1 is 1.13 bits per heavy atom. The molecule has 0 bridgehead atoms. The molecule has 2 aromatic carbocycles. The van der Waals surface area contributed by atoms with Gasteiger partial charge in [0, 0.05) is 38.4 Å². The van der Waals surface area contributed by atoms with Gasteiger partial charge in [-0.15, -0.1) is 0 Å². The van der Waals surface area contributed by atoms with Gasteiger partial charge in [0.05, 0.1) is 18.8 Å². The summed E-state index contributed by atoms with van der Waals surface area (Å²) >= 11 is 0. The molecule has 1 aliphatic rings. The lowest BCUT2D eigenvalue weighted by Gasteiger charge is -2.22. The van der Waals surface area contributed by atoms with Crippen LogP contribution in [0.2, 0.25) is 0 Å². The van der Waals surface area contributed by atoms with E-state index in [0.717, 1.165) is 43.2 Å². The molecule has 7 heteroatoms. The number of hydrogen-bond donors (Lipinski definition) is 2. The third-order valence-electron chi connectivity index (χ3n) is 5.14. The van der Waals surface area contributed by atoms with Gasteiger partial charge in [-0.05, 0) is 37.0 Å². The molecule has 1 saturated heterocycles. The van der Waals surface area contributed by atoms with Crippen molar-refractivity contribution in [3.05, 3.63) is 70.8 Å². The monoisotopic (exact) mass is 417 g/mol. The first kappa shape index (κ1) is 22.2. The van der Waals surface area contributed by atoms with Gasteiger partial charge in [-0.25, -0.2) is 8.78 Å². The van der Waals surface area contributed by atoms with Crippen LogP contribution in [0.1, 0.15) is 42.5 Å². The Labute approximate surface area is 176 Å². The quantitative estimate of drug-likeness (QED) is 0.526. The Balaban J connectivity index is 1.47. The van der Waals surface area contributed by atoms with Crippen molar-refractivity contribution < 1.29 is 18.3 Å². The maximum atomic E-state index is 14.0. The van der Waals surface area contributed by atoms with E-state index in [9.17, 15) is 8.78 Å². The molecule has 1 fully saturated rings. The Morgan fingerprint density at radius 2 is 1.83 bits per heavy atom. The van der Waals surface area contributed by atoms with Crippen LogP contribution >= 0.6 is 0 Å². The molecule has 162 valence electrons. The summed E-state index contributed by atoms with van der Waals surface area (Å²) in [6, 6.07) is 11.4. The van der Waals surface area contributed by atoms with Crippen LogP contribution in [0.15, 0.2) is 47.5 Å². The Hall–Kier alpha value is -2.51. The number of rotatable bonds is 7. The Bertz CT molecular complexity index is 837. The molecule has 0 aromatic heterocycles. The molecular formula is C23H29F2N3O2. The summed E-state index contributed by atoms with van der Waals surface area (Å²) in [5, 5.41) is 6.35. The molecular weight excluding hydrogens is 388 g/mol. The molecule has 30 heavy (non-hydrogen) atoms. The molecule has 1 unspecified atom stereocenters. The predicted octanol–water partition coefficient (Wildman–Crippen LogP) is 4.09. The van der Waals surface area contributed by atoms with E-state index in [1.807, 2.05) is 12.1 Å². The van der Waals surface area contributed by atoms with E-state index in [1.165, 1.54) is 12.1 Å². The van der Waals surface area contributed by atoms with Gasteiger partial charge in [0.25, 0.3) is 0 Å². The highest BCUT2D eigenvalue weighted by Crippen LogP contribution is 2.18. The maximum Gasteiger partial charge on any atom is 0.191 e. The van der Waals surface area contributed by atoms with Gasteiger partial charge in [-0.3, -0.25) is 4.99 Å². The highest BCUT2D eigenvalue weighted by molar-refractivity contribution is 5.80. The van der Waals surface area contributed by atoms with Crippen LogP contribution in [0.3, 0.4) is 0 Å². The third-order valence-corrected chi connectivity index (χ3v) is 5.14. The number of nitrogens with zero attached hydrogens (tertiary/aromatic N) is 1. The maximum absolute atomic E-state index is 14.0. The van der Waals surface area contributed by atoms with Crippen LogP contribution in [-0.4, -0.2) is 32.3 Å². The van der Waals surface area contributed by atoms with Gasteiger partial charge < -0.3 is 20.1 Å². The van der Waals surface area contributed by atoms with Crippen molar-refractivity contribution in [2.45, 2.75) is 45.1 Å². The number of guanidine groups is 1. The second-order valence-corrected chi connectivity index (χ2v) is 7.40. The first-order valence-corrected chi connectivity index (χ1v) is 10.2. The molecule has 0 amide bonds. The predicted molar refractivity (Wildman–Crippen MR) is 113 cm³/mol. The van der Waals surface area contributed by atoms with Gasteiger partial charge in [0.2, 0.25) is 0 Å². The lowest BCUT2D eigenvalue weighted by molar-refractivity contribution is -0.0390. The van der Waals surface area contributed by atoms with E-state index in [2.05, 4.69) is 27.8 Å². The van der Waals surface area contributed by atoms with Crippen molar-refractivity contribution in [1.82, 2.24) is 10.6 Å². The minimum absolute atomic E-state index is 0.280. The van der Waals surface area contributed by atoms with E-state index >= 15 is 0 Å². The fraction of sp³-hybridized carbons (Fsp3) is 0.435. The molecule has 0 radical (unpaired) electrons. The van der Waals surface area contributed by atoms with Crippen molar-refractivity contribution in [2.75, 3.05) is 20.3 Å². The second kappa shape index (κ2) is 11.0. The second-order valence-electron chi connectivity index (χ2n) is 7.40. The van der Waals surface area contributed by atoms with Gasteiger partial charge in [-0.2, -0.15) is 0 Å². The lowest BCUT2D eigenvalue weighted by atomic mass is 10.1. The summed E-state index contributed by atoms with van der Waals surface area (Å²) in [5.74, 6) is -0.630. The molecule has 1 aliphatic heterocycles. The number of nitrogens with one attached hydrogen (secondary N) is 2. The summed E-state index contributed by atoms with van der Waals surface area (Å²) in [4.78, 5) is 4.18. The van der Waals surface area contributed by atoms with E-state index in [0.29, 0.717) is 24.7 Å². The lowest BCUT2D eigenvalue weighted by Crippen LogP contribution is -2.38. The standard InChI is InChI=1S/C23H29F2N3O2/c1-16(21-8-7-19(24)13-22(21)25)28-23(26-2)27-14-17-3-5-18(6-4-17)15-30-20-9-11-29-12-10-20/h3-8,13,16,20H,9-12,14-15H2,1-2H3,(H2,26,27,28). The fourth-order valence-electron chi connectivity index (χ4n) is 3.33. The van der Waals surface area contributed by atoms with Crippen molar-refractivity contribution in [3.63, 3.8) is 0 Å². The number of ether oxygens (including phenoxy) is 2. The topological polar surface area (TPSA) is 54.9 Å². The van der Waals surface area contributed by atoms with Crippen molar-refractivity contribution >= 4 is 5.96 Å². The molecule has 1 atom stereocenters. The highest BCUT2D eigenvalue weighted by Gasteiger charge is 2.14.